The van der Waals surface area contributed by atoms with Crippen molar-refractivity contribution in [3.05, 3.63) is 48.5 Å². The Bertz CT molecular complexity index is 530. The lowest BCUT2D eigenvalue weighted by Gasteiger charge is -2.08. The summed E-state index contributed by atoms with van der Waals surface area (Å²) in [6, 6.07) is 16.2. The second-order valence-electron chi connectivity index (χ2n) is 3.81. The first kappa shape index (κ1) is 12.2. The molecular formula is C16H16N2. The second kappa shape index (κ2) is 5.92. The van der Waals surface area contributed by atoms with E-state index in [0.29, 0.717) is 0 Å². The number of benzene rings is 2. The maximum absolute atomic E-state index is 4.41. The average Bonchev–Trinajstić information content (AvgIpc) is 2.41. The molecule has 0 unspecified atom stereocenters. The molecule has 0 aliphatic heterocycles. The molecular weight excluding hydrogens is 220 g/mol. The van der Waals surface area contributed by atoms with Crippen LogP contribution in [0, 0.1) is 0 Å². The number of hydrogen-bond donors (Lipinski definition) is 0. The van der Waals surface area contributed by atoms with Crippen molar-refractivity contribution in [3.8, 4) is 11.1 Å². The van der Waals surface area contributed by atoms with E-state index in [9.17, 15) is 0 Å². The largest absolute Gasteiger partial charge is 0.261 e. The fourth-order valence-corrected chi connectivity index (χ4v) is 1.91. The van der Waals surface area contributed by atoms with Crippen LogP contribution in [-0.2, 0) is 0 Å². The molecule has 0 heterocycles. The average molecular weight is 236 g/mol. The topological polar surface area (TPSA) is 24.7 Å². The summed E-state index contributed by atoms with van der Waals surface area (Å²) in [6.07, 6.45) is 3.62. The molecule has 0 N–H and O–H groups in total. The molecule has 0 saturated carbocycles. The summed E-state index contributed by atoms with van der Waals surface area (Å²) in [7, 11) is 0. The SMILES string of the molecule is C/C=N\c1ccccc1-c1ccccc1/N=C\C. The number of nitrogens with zero attached hydrogens (tertiary/aromatic N) is 2. The van der Waals surface area contributed by atoms with Crippen LogP contribution in [0.5, 0.6) is 0 Å². The standard InChI is InChI=1S/C16H16N2/c1-3-17-15-11-7-5-9-13(15)14-10-6-8-12-16(14)18-4-2/h3-12H,1-2H3/b17-3-,18-4-. The van der Waals surface area contributed by atoms with Crippen LogP contribution in [0.25, 0.3) is 11.1 Å². The maximum atomic E-state index is 4.41. The highest BCUT2D eigenvalue weighted by molar-refractivity contribution is 5.86. The molecule has 0 aliphatic carbocycles. The van der Waals surface area contributed by atoms with Gasteiger partial charge in [-0.15, -0.1) is 0 Å². The Labute approximate surface area is 108 Å². The highest BCUT2D eigenvalue weighted by atomic mass is 14.7. The summed E-state index contributed by atoms with van der Waals surface area (Å²) in [5, 5.41) is 0. The minimum Gasteiger partial charge on any atom is -0.261 e. The van der Waals surface area contributed by atoms with E-state index in [2.05, 4.69) is 22.1 Å². The van der Waals surface area contributed by atoms with Gasteiger partial charge in [0.05, 0.1) is 11.4 Å². The van der Waals surface area contributed by atoms with Crippen LogP contribution in [0.1, 0.15) is 13.8 Å². The lowest BCUT2D eigenvalue weighted by molar-refractivity contribution is 1.47. The first-order valence-corrected chi connectivity index (χ1v) is 6.02. The molecule has 0 aliphatic rings. The van der Waals surface area contributed by atoms with Gasteiger partial charge in [-0.1, -0.05) is 36.4 Å². The summed E-state index contributed by atoms with van der Waals surface area (Å²) in [5.41, 5.74) is 4.16. The van der Waals surface area contributed by atoms with Crippen molar-refractivity contribution in [2.75, 3.05) is 0 Å². The molecule has 0 amide bonds. The first-order valence-electron chi connectivity index (χ1n) is 6.02. The summed E-state index contributed by atoms with van der Waals surface area (Å²) >= 11 is 0. The quantitative estimate of drug-likeness (QED) is 0.684. The predicted molar refractivity (Wildman–Crippen MR) is 79.5 cm³/mol. The Morgan fingerprint density at radius 3 is 1.44 bits per heavy atom. The molecule has 2 aromatic rings. The van der Waals surface area contributed by atoms with Crippen LogP contribution in [0.2, 0.25) is 0 Å². The van der Waals surface area contributed by atoms with Gasteiger partial charge in [0, 0.05) is 23.6 Å². The van der Waals surface area contributed by atoms with E-state index in [1.807, 2.05) is 62.7 Å². The van der Waals surface area contributed by atoms with Crippen LogP contribution in [0.3, 0.4) is 0 Å². The lowest BCUT2D eigenvalue weighted by atomic mass is 10.0. The van der Waals surface area contributed by atoms with Crippen molar-refractivity contribution >= 4 is 23.8 Å². The molecule has 2 heteroatoms. The third-order valence-electron chi connectivity index (χ3n) is 2.63. The van der Waals surface area contributed by atoms with E-state index in [4.69, 9.17) is 0 Å². The van der Waals surface area contributed by atoms with E-state index in [0.717, 1.165) is 22.5 Å². The Hall–Kier alpha value is -2.22. The van der Waals surface area contributed by atoms with Gasteiger partial charge in [0.15, 0.2) is 0 Å². The number of rotatable bonds is 3. The molecule has 2 rings (SSSR count). The molecule has 0 radical (unpaired) electrons. The Kier molecular flexibility index (Phi) is 4.02. The number of aliphatic imine (C=N–C) groups is 2. The van der Waals surface area contributed by atoms with Gasteiger partial charge in [-0.05, 0) is 26.0 Å². The van der Waals surface area contributed by atoms with Gasteiger partial charge < -0.3 is 0 Å². The van der Waals surface area contributed by atoms with Crippen LogP contribution >= 0.6 is 0 Å². The van der Waals surface area contributed by atoms with Crippen LogP contribution in [0.4, 0.5) is 11.4 Å². The zero-order chi connectivity index (χ0) is 12.8. The van der Waals surface area contributed by atoms with Crippen molar-refractivity contribution < 1.29 is 0 Å². The Morgan fingerprint density at radius 2 is 1.06 bits per heavy atom. The third-order valence-corrected chi connectivity index (χ3v) is 2.63. The van der Waals surface area contributed by atoms with Crippen molar-refractivity contribution in [3.63, 3.8) is 0 Å². The second-order valence-corrected chi connectivity index (χ2v) is 3.81. The van der Waals surface area contributed by atoms with Crippen molar-refractivity contribution in [2.24, 2.45) is 9.98 Å². The molecule has 0 aromatic heterocycles. The minimum absolute atomic E-state index is 0.971. The molecule has 2 aromatic carbocycles. The maximum Gasteiger partial charge on any atom is 0.0704 e. The number of hydrogen-bond acceptors (Lipinski definition) is 2. The fourth-order valence-electron chi connectivity index (χ4n) is 1.91. The third kappa shape index (κ3) is 2.54. The zero-order valence-electron chi connectivity index (χ0n) is 10.7. The summed E-state index contributed by atoms with van der Waals surface area (Å²) in [6.45, 7) is 3.85. The van der Waals surface area contributed by atoms with Crippen LogP contribution < -0.4 is 0 Å². The predicted octanol–water partition coefficient (Wildman–Crippen LogP) is 4.80. The summed E-state index contributed by atoms with van der Waals surface area (Å²) < 4.78 is 0. The highest BCUT2D eigenvalue weighted by Gasteiger charge is 2.06. The van der Waals surface area contributed by atoms with Gasteiger partial charge in [0.1, 0.15) is 0 Å². The van der Waals surface area contributed by atoms with E-state index in [1.165, 1.54) is 0 Å². The lowest BCUT2D eigenvalue weighted by Crippen LogP contribution is -1.80. The van der Waals surface area contributed by atoms with Crippen LogP contribution in [0.15, 0.2) is 58.5 Å². The normalized spacial score (nSPS) is 11.4. The van der Waals surface area contributed by atoms with Gasteiger partial charge in [0.25, 0.3) is 0 Å². The Balaban J connectivity index is 2.62. The minimum atomic E-state index is 0.971. The number of para-hydroxylation sites is 2. The fraction of sp³-hybridized carbons (Fsp3) is 0.125. The van der Waals surface area contributed by atoms with Gasteiger partial charge in [-0.3, -0.25) is 9.98 Å². The van der Waals surface area contributed by atoms with Crippen molar-refractivity contribution in [2.45, 2.75) is 13.8 Å². The molecule has 2 nitrogen and oxygen atoms in total. The van der Waals surface area contributed by atoms with Gasteiger partial charge >= 0.3 is 0 Å². The zero-order valence-corrected chi connectivity index (χ0v) is 10.7. The van der Waals surface area contributed by atoms with Gasteiger partial charge in [0.2, 0.25) is 0 Å². The molecule has 90 valence electrons. The van der Waals surface area contributed by atoms with Crippen molar-refractivity contribution in [1.29, 1.82) is 0 Å². The molecule has 0 atom stereocenters. The van der Waals surface area contributed by atoms with Crippen LogP contribution in [-0.4, -0.2) is 12.4 Å². The smallest absolute Gasteiger partial charge is 0.0704 e. The van der Waals surface area contributed by atoms with E-state index in [1.54, 1.807) is 0 Å². The van der Waals surface area contributed by atoms with Crippen molar-refractivity contribution in [1.82, 2.24) is 0 Å². The van der Waals surface area contributed by atoms with Gasteiger partial charge in [-0.2, -0.15) is 0 Å². The summed E-state index contributed by atoms with van der Waals surface area (Å²) in [5.74, 6) is 0. The van der Waals surface area contributed by atoms with E-state index < -0.39 is 0 Å². The molecule has 0 spiro atoms. The first-order chi connectivity index (χ1) is 8.86. The monoisotopic (exact) mass is 236 g/mol. The Morgan fingerprint density at radius 1 is 0.667 bits per heavy atom. The molecule has 0 saturated heterocycles. The molecule has 0 bridgehead atoms. The molecule has 0 fully saturated rings. The molecule has 18 heavy (non-hydrogen) atoms. The summed E-state index contributed by atoms with van der Waals surface area (Å²) in [4.78, 5) is 8.81. The highest BCUT2D eigenvalue weighted by Crippen LogP contribution is 2.36. The van der Waals surface area contributed by atoms with Gasteiger partial charge in [-0.25, -0.2) is 0 Å². The van der Waals surface area contributed by atoms with E-state index in [-0.39, 0.29) is 0 Å². The van der Waals surface area contributed by atoms with E-state index >= 15 is 0 Å².